The molecule has 202 valence electrons. The Morgan fingerprint density at radius 3 is 2.37 bits per heavy atom. The molecule has 1 aromatic carbocycles. The number of nitrogens with zero attached hydrogens (tertiary/aromatic N) is 2. The first-order valence-corrected chi connectivity index (χ1v) is 15.2. The van der Waals surface area contributed by atoms with Crippen LogP contribution in [0.2, 0.25) is 5.02 Å². The third-order valence-corrected chi connectivity index (χ3v) is 11.5. The molecule has 2 saturated heterocycles. The molecule has 2 heterocycles. The van der Waals surface area contributed by atoms with Crippen molar-refractivity contribution in [1.29, 1.82) is 0 Å². The summed E-state index contributed by atoms with van der Waals surface area (Å²) in [7, 11) is 0. The topological polar surface area (TPSA) is 95.0 Å². The molecule has 1 N–H and O–H groups in total. The number of alkyl halides is 3. The first-order valence-electron chi connectivity index (χ1n) is 12.9. The number of allylic oxidation sites excluding steroid dienone is 2. The number of imide groups is 2. The van der Waals surface area contributed by atoms with Crippen molar-refractivity contribution < 1.29 is 24.3 Å². The highest BCUT2D eigenvalue weighted by atomic mass is 79.9. The molecule has 7 nitrogen and oxygen atoms in total. The van der Waals surface area contributed by atoms with Crippen molar-refractivity contribution in [2.24, 2.45) is 17.8 Å². The zero-order valence-electron chi connectivity index (χ0n) is 20.3. The summed E-state index contributed by atoms with van der Waals surface area (Å²) in [5, 5.41) is 10.2. The van der Waals surface area contributed by atoms with Gasteiger partial charge in [-0.05, 0) is 49.3 Å². The largest absolute Gasteiger partial charge is 0.508 e. The number of halogens is 4. The van der Waals surface area contributed by atoms with Crippen molar-refractivity contribution in [1.82, 2.24) is 9.80 Å². The van der Waals surface area contributed by atoms with Crippen LogP contribution in [0.5, 0.6) is 5.75 Å². The highest BCUT2D eigenvalue weighted by Crippen LogP contribution is 2.66. The second kappa shape index (κ2) is 9.22. The van der Waals surface area contributed by atoms with Gasteiger partial charge in [0.05, 0.1) is 17.3 Å². The summed E-state index contributed by atoms with van der Waals surface area (Å²) in [6.45, 7) is 0. The van der Waals surface area contributed by atoms with Gasteiger partial charge in [0.15, 0.2) is 9.75 Å². The third kappa shape index (κ3) is 3.39. The lowest BCUT2D eigenvalue weighted by Gasteiger charge is -2.51. The van der Waals surface area contributed by atoms with Crippen LogP contribution in [0.15, 0.2) is 29.8 Å². The molecule has 0 bridgehead atoms. The first-order chi connectivity index (χ1) is 18.1. The Hall–Kier alpha value is -1.61. The molecule has 2 aliphatic heterocycles. The average Bonchev–Trinajstić information content (AvgIpc) is 3.23. The fourth-order valence-corrected chi connectivity index (χ4v) is 9.27. The number of rotatable bonds is 3. The number of benzene rings is 1. The number of phenolic OH excluding ortho intramolecular Hbond substituents is 1. The molecule has 38 heavy (non-hydrogen) atoms. The van der Waals surface area contributed by atoms with Gasteiger partial charge >= 0.3 is 0 Å². The second-order valence-corrected chi connectivity index (χ2v) is 13.2. The molecule has 2 saturated carbocycles. The van der Waals surface area contributed by atoms with Crippen molar-refractivity contribution >= 4 is 74.4 Å². The van der Waals surface area contributed by atoms with E-state index in [1.54, 1.807) is 6.07 Å². The number of carbonyl (C=O) groups excluding carboxylic acids is 4. The van der Waals surface area contributed by atoms with Crippen LogP contribution in [0, 0.1) is 17.8 Å². The van der Waals surface area contributed by atoms with E-state index in [0.717, 1.165) is 37.0 Å². The van der Waals surface area contributed by atoms with Gasteiger partial charge < -0.3 is 5.11 Å². The predicted octanol–water partition coefficient (Wildman–Crippen LogP) is 5.09. The standard InChI is InChI=1S/C27H26BrCl3N2O5/c28-12-32-24(37)26(30)11-18-15(21(27(26,31)25(32)38)16-7-6-14(34)10-19(16)29)8-9-17-20(18)23(36)33(22(17)35)13-4-2-1-3-5-13/h6-8,10,13,17-18,20-21,34H,1-5,9,11-12H2. The highest BCUT2D eigenvalue weighted by molar-refractivity contribution is 9.09. The zero-order chi connectivity index (χ0) is 27.1. The summed E-state index contributed by atoms with van der Waals surface area (Å²) in [5.41, 5.74) is 1.03. The van der Waals surface area contributed by atoms with Crippen molar-refractivity contribution in [3.8, 4) is 5.75 Å². The molecule has 4 fully saturated rings. The monoisotopic (exact) mass is 642 g/mol. The quantitative estimate of drug-likeness (QED) is 0.214. The van der Waals surface area contributed by atoms with Crippen molar-refractivity contribution in [3.63, 3.8) is 0 Å². The van der Waals surface area contributed by atoms with Crippen LogP contribution in [0.25, 0.3) is 0 Å². The van der Waals surface area contributed by atoms with Gasteiger partial charge in [0.2, 0.25) is 11.8 Å². The average molecular weight is 645 g/mol. The van der Waals surface area contributed by atoms with Crippen LogP contribution in [-0.4, -0.2) is 59.8 Å². The van der Waals surface area contributed by atoms with E-state index in [0.29, 0.717) is 17.6 Å². The van der Waals surface area contributed by atoms with Crippen molar-refractivity contribution in [3.05, 3.63) is 40.4 Å². The van der Waals surface area contributed by atoms with Crippen molar-refractivity contribution in [2.45, 2.75) is 66.7 Å². The van der Waals surface area contributed by atoms with Crippen molar-refractivity contribution in [2.75, 3.05) is 5.45 Å². The minimum absolute atomic E-state index is 0.0527. The molecular weight excluding hydrogens is 619 g/mol. The van der Waals surface area contributed by atoms with Gasteiger partial charge in [-0.25, -0.2) is 0 Å². The summed E-state index contributed by atoms with van der Waals surface area (Å²) in [6, 6.07) is 4.25. The SMILES string of the molecule is O=C1C2CC=C3C(CC4(Cl)C(=O)N(CBr)C(=O)C4(Cl)C3c3ccc(O)cc3Cl)C2C(=O)N1C1CCCCC1. The van der Waals surface area contributed by atoms with Gasteiger partial charge in [0, 0.05) is 17.0 Å². The molecule has 0 spiro atoms. The summed E-state index contributed by atoms with van der Waals surface area (Å²) < 4.78 is 0. The number of likely N-dealkylation sites (tertiary alicyclic amines) is 2. The Bertz CT molecular complexity index is 1300. The number of fused-ring (bicyclic) bond motifs is 4. The molecule has 0 aromatic heterocycles. The van der Waals surface area contributed by atoms with E-state index in [9.17, 15) is 24.3 Å². The Morgan fingerprint density at radius 2 is 1.71 bits per heavy atom. The lowest BCUT2D eigenvalue weighted by molar-refractivity contribution is -0.144. The number of hydrogen-bond donors (Lipinski definition) is 1. The highest BCUT2D eigenvalue weighted by Gasteiger charge is 2.76. The smallest absolute Gasteiger partial charge is 0.254 e. The fraction of sp³-hybridized carbons (Fsp3) is 0.556. The Balaban J connectivity index is 1.51. The van der Waals surface area contributed by atoms with Crippen LogP contribution >= 0.6 is 50.7 Å². The van der Waals surface area contributed by atoms with Crippen LogP contribution in [0.4, 0.5) is 0 Å². The molecule has 6 atom stereocenters. The fourth-order valence-electron chi connectivity index (χ4n) is 7.57. The van der Waals surface area contributed by atoms with Gasteiger partial charge in [-0.2, -0.15) is 0 Å². The Kier molecular flexibility index (Phi) is 6.45. The number of phenols is 1. The van der Waals surface area contributed by atoms with Crippen LogP contribution in [0.3, 0.4) is 0 Å². The van der Waals surface area contributed by atoms with Gasteiger partial charge in [-0.1, -0.05) is 64.5 Å². The summed E-state index contributed by atoms with van der Waals surface area (Å²) in [6.07, 6.45) is 6.80. The van der Waals surface area contributed by atoms with E-state index >= 15 is 0 Å². The second-order valence-electron chi connectivity index (χ2n) is 11.0. The number of hydrogen-bond acceptors (Lipinski definition) is 5. The minimum Gasteiger partial charge on any atom is -0.508 e. The van der Waals surface area contributed by atoms with Gasteiger partial charge in [-0.3, -0.25) is 29.0 Å². The number of aromatic hydroxyl groups is 1. The van der Waals surface area contributed by atoms with Gasteiger partial charge in [0.25, 0.3) is 11.8 Å². The molecule has 5 aliphatic rings. The first kappa shape index (κ1) is 26.6. The summed E-state index contributed by atoms with van der Waals surface area (Å²) >= 11 is 24.2. The van der Waals surface area contributed by atoms with E-state index in [1.807, 2.05) is 6.08 Å². The van der Waals surface area contributed by atoms with E-state index in [2.05, 4.69) is 15.9 Å². The van der Waals surface area contributed by atoms with Crippen LogP contribution < -0.4 is 0 Å². The number of carbonyl (C=O) groups is 4. The predicted molar refractivity (Wildman–Crippen MR) is 145 cm³/mol. The molecule has 4 amide bonds. The Morgan fingerprint density at radius 1 is 1.00 bits per heavy atom. The molecule has 1 aromatic rings. The molecule has 0 radical (unpaired) electrons. The third-order valence-electron chi connectivity index (χ3n) is 9.28. The van der Waals surface area contributed by atoms with E-state index < -0.39 is 45.2 Å². The maximum atomic E-state index is 14.0. The van der Waals surface area contributed by atoms with Crippen LogP contribution in [-0.2, 0) is 19.2 Å². The van der Waals surface area contributed by atoms with E-state index in [-0.39, 0.29) is 40.5 Å². The Labute approximate surface area is 243 Å². The zero-order valence-corrected chi connectivity index (χ0v) is 24.2. The lowest BCUT2D eigenvalue weighted by atomic mass is 9.56. The normalized spacial score (nSPS) is 37.3. The minimum atomic E-state index is -1.91. The summed E-state index contributed by atoms with van der Waals surface area (Å²) in [5.74, 6) is -4.51. The van der Waals surface area contributed by atoms with Gasteiger partial charge in [-0.15, -0.1) is 23.2 Å². The lowest BCUT2D eigenvalue weighted by Crippen LogP contribution is -2.60. The molecule has 6 rings (SSSR count). The number of amides is 4. The summed E-state index contributed by atoms with van der Waals surface area (Å²) in [4.78, 5) is 53.7. The van der Waals surface area contributed by atoms with E-state index in [1.165, 1.54) is 17.0 Å². The molecule has 6 unspecified atom stereocenters. The molecule has 3 aliphatic carbocycles. The molecular formula is C27H26BrCl3N2O5. The van der Waals surface area contributed by atoms with Gasteiger partial charge in [0.1, 0.15) is 5.75 Å². The maximum absolute atomic E-state index is 14.0. The van der Waals surface area contributed by atoms with Crippen LogP contribution in [0.1, 0.15) is 56.4 Å². The maximum Gasteiger partial charge on any atom is 0.254 e. The molecule has 11 heteroatoms. The van der Waals surface area contributed by atoms with E-state index in [4.69, 9.17) is 34.8 Å².